The molecule has 0 radical (unpaired) electrons. The Morgan fingerprint density at radius 2 is 1.47 bits per heavy atom. The minimum absolute atomic E-state index is 0.622. The Labute approximate surface area is 140 Å². The molecule has 0 N–H and O–H groups in total. The molecule has 19 heavy (non-hydrogen) atoms. The van der Waals surface area contributed by atoms with Gasteiger partial charge in [0, 0.05) is 9.14 Å². The van der Waals surface area contributed by atoms with Crippen LogP contribution in [0.4, 0.5) is 0 Å². The first kappa shape index (κ1) is 19.4. The maximum absolute atomic E-state index is 4.53. The molecule has 0 aromatic carbocycles. The van der Waals surface area contributed by atoms with Crippen LogP contribution >= 0.6 is 50.5 Å². The zero-order valence-corrected chi connectivity index (χ0v) is 15.6. The van der Waals surface area contributed by atoms with Crippen molar-refractivity contribution in [2.45, 2.75) is 47.0 Å². The average molecular weight is 333 g/mol. The van der Waals surface area contributed by atoms with Gasteiger partial charge in [0.2, 0.25) is 0 Å². The van der Waals surface area contributed by atoms with Gasteiger partial charge in [0.25, 0.3) is 0 Å². The van der Waals surface area contributed by atoms with E-state index in [9.17, 15) is 0 Å². The summed E-state index contributed by atoms with van der Waals surface area (Å²) >= 11 is 17.3. The van der Waals surface area contributed by atoms with Gasteiger partial charge in [-0.05, 0) is 57.4 Å². The summed E-state index contributed by atoms with van der Waals surface area (Å²) in [6.07, 6.45) is 7.52. The third-order valence-electron chi connectivity index (χ3n) is 2.74. The van der Waals surface area contributed by atoms with Crippen LogP contribution in [0, 0.1) is 0 Å². The molecule has 0 aromatic heterocycles. The molecule has 0 rings (SSSR count). The lowest BCUT2D eigenvalue weighted by atomic mass is 10.1. The molecule has 0 aliphatic carbocycles. The van der Waals surface area contributed by atoms with Gasteiger partial charge in [0.15, 0.2) is 0 Å². The molecular weight excluding hydrogens is 308 g/mol. The van der Waals surface area contributed by atoms with E-state index in [2.05, 4.69) is 83.4 Å². The topological polar surface area (TPSA) is 0 Å². The van der Waals surface area contributed by atoms with Gasteiger partial charge in [-0.2, -0.15) is 0 Å². The molecule has 0 amide bonds. The molecule has 0 bridgehead atoms. The number of hydrogen-bond donors (Lipinski definition) is 4. The fourth-order valence-electron chi connectivity index (χ4n) is 1.42. The van der Waals surface area contributed by atoms with Crippen molar-refractivity contribution in [2.24, 2.45) is 0 Å². The zero-order chi connectivity index (χ0) is 15.0. The molecule has 0 saturated carbocycles. The normalized spacial score (nSPS) is 12.9. The summed E-state index contributed by atoms with van der Waals surface area (Å²) in [7, 11) is 0. The van der Waals surface area contributed by atoms with Crippen LogP contribution in [0.2, 0.25) is 0 Å². The van der Waals surface area contributed by atoms with Gasteiger partial charge in [-0.25, -0.2) is 0 Å². The fraction of sp³-hybridized carbons (Fsp3) is 0.467. The van der Waals surface area contributed by atoms with E-state index in [1.54, 1.807) is 0 Å². The van der Waals surface area contributed by atoms with Crippen molar-refractivity contribution in [3.63, 3.8) is 0 Å². The summed E-state index contributed by atoms with van der Waals surface area (Å²) in [6, 6.07) is 0. The minimum Gasteiger partial charge on any atom is -0.147 e. The molecule has 108 valence electrons. The van der Waals surface area contributed by atoms with Crippen LogP contribution in [0.1, 0.15) is 47.0 Å². The molecular formula is C15H24S4. The second-order valence-electron chi connectivity index (χ2n) is 4.82. The Balaban J connectivity index is 4.58. The van der Waals surface area contributed by atoms with Crippen molar-refractivity contribution in [1.82, 2.24) is 0 Å². The highest BCUT2D eigenvalue weighted by atomic mass is 32.2. The number of hydrogen-bond acceptors (Lipinski definition) is 4. The lowest BCUT2D eigenvalue weighted by Gasteiger charge is -2.07. The maximum Gasteiger partial charge on any atom is 0.0476 e. The summed E-state index contributed by atoms with van der Waals surface area (Å²) in [5.41, 5.74) is 3.79. The third kappa shape index (κ3) is 9.01. The van der Waals surface area contributed by atoms with Gasteiger partial charge >= 0.3 is 0 Å². The Hall–Kier alpha value is 0.360. The predicted molar refractivity (Wildman–Crippen MR) is 103 cm³/mol. The molecule has 0 atom stereocenters. The van der Waals surface area contributed by atoms with Crippen LogP contribution in [0.15, 0.2) is 42.9 Å². The van der Waals surface area contributed by atoms with E-state index in [-0.39, 0.29) is 0 Å². The SMILES string of the molecule is CC(C)=CCC/C(C)=C/C/C(S)=C(\C)C(S)=C(S)S. The summed E-state index contributed by atoms with van der Waals surface area (Å²) in [5, 5.41) is 0. The largest absolute Gasteiger partial charge is 0.147 e. The first-order valence-corrected chi connectivity index (χ1v) is 8.03. The zero-order valence-electron chi connectivity index (χ0n) is 12.1. The molecule has 0 saturated heterocycles. The van der Waals surface area contributed by atoms with Crippen molar-refractivity contribution in [3.05, 3.63) is 42.9 Å². The van der Waals surface area contributed by atoms with Gasteiger partial charge in [-0.1, -0.05) is 23.3 Å². The van der Waals surface area contributed by atoms with Crippen LogP contribution in [0.25, 0.3) is 0 Å². The van der Waals surface area contributed by atoms with Crippen LogP contribution in [-0.2, 0) is 0 Å². The quantitative estimate of drug-likeness (QED) is 0.247. The van der Waals surface area contributed by atoms with E-state index in [4.69, 9.17) is 0 Å². The summed E-state index contributed by atoms with van der Waals surface area (Å²) < 4.78 is 0.622. The molecule has 0 fully saturated rings. The Morgan fingerprint density at radius 3 is 1.95 bits per heavy atom. The molecule has 0 spiro atoms. The molecule has 0 heterocycles. The van der Waals surface area contributed by atoms with Crippen LogP contribution < -0.4 is 0 Å². The first-order valence-electron chi connectivity index (χ1n) is 6.25. The van der Waals surface area contributed by atoms with Gasteiger partial charge < -0.3 is 0 Å². The molecule has 0 aromatic rings. The van der Waals surface area contributed by atoms with E-state index in [1.807, 2.05) is 6.92 Å². The van der Waals surface area contributed by atoms with Crippen molar-refractivity contribution in [2.75, 3.05) is 0 Å². The average Bonchev–Trinajstić information content (AvgIpc) is 2.33. The minimum atomic E-state index is 0.622. The third-order valence-corrected chi connectivity index (χ3v) is 4.61. The summed E-state index contributed by atoms with van der Waals surface area (Å²) in [5.74, 6) is 0. The summed E-state index contributed by atoms with van der Waals surface area (Å²) in [4.78, 5) is 1.79. The highest BCUT2D eigenvalue weighted by Gasteiger charge is 2.03. The standard InChI is InChI=1S/C15H24S4/c1-10(2)6-5-7-11(3)8-9-13(16)12(4)14(17)15(18)19/h6,8,16-19H,5,7,9H2,1-4H3/b11-8+,13-12-. The van der Waals surface area contributed by atoms with E-state index in [0.717, 1.165) is 34.6 Å². The Kier molecular flexibility index (Phi) is 10.3. The van der Waals surface area contributed by atoms with Gasteiger partial charge in [-0.3, -0.25) is 0 Å². The second kappa shape index (κ2) is 10.1. The number of rotatable bonds is 6. The van der Waals surface area contributed by atoms with Crippen molar-refractivity contribution in [3.8, 4) is 0 Å². The van der Waals surface area contributed by atoms with E-state index in [0.29, 0.717) is 4.24 Å². The van der Waals surface area contributed by atoms with Crippen LogP contribution in [-0.4, -0.2) is 0 Å². The lowest BCUT2D eigenvalue weighted by molar-refractivity contribution is 0.957. The maximum atomic E-state index is 4.53. The smallest absolute Gasteiger partial charge is 0.0476 e. The van der Waals surface area contributed by atoms with Gasteiger partial charge in [0.05, 0.1) is 0 Å². The molecule has 0 nitrogen and oxygen atoms in total. The van der Waals surface area contributed by atoms with Gasteiger partial charge in [-0.15, -0.1) is 50.5 Å². The van der Waals surface area contributed by atoms with Crippen molar-refractivity contribution in [1.29, 1.82) is 0 Å². The monoisotopic (exact) mass is 332 g/mol. The van der Waals surface area contributed by atoms with Gasteiger partial charge in [0.1, 0.15) is 0 Å². The van der Waals surface area contributed by atoms with E-state index in [1.165, 1.54) is 11.1 Å². The molecule has 0 unspecified atom stereocenters. The predicted octanol–water partition coefficient (Wildman–Crippen LogP) is 6.23. The Bertz CT molecular complexity index is 417. The van der Waals surface area contributed by atoms with Crippen LogP contribution in [0.3, 0.4) is 0 Å². The van der Waals surface area contributed by atoms with E-state index >= 15 is 0 Å². The number of allylic oxidation sites excluding steroid dienone is 6. The summed E-state index contributed by atoms with van der Waals surface area (Å²) in [6.45, 7) is 8.41. The molecule has 0 aliphatic heterocycles. The first-order chi connectivity index (χ1) is 8.75. The van der Waals surface area contributed by atoms with E-state index < -0.39 is 0 Å². The van der Waals surface area contributed by atoms with Crippen LogP contribution in [0.5, 0.6) is 0 Å². The molecule has 4 heteroatoms. The lowest BCUT2D eigenvalue weighted by Crippen LogP contribution is -1.84. The van der Waals surface area contributed by atoms with Crippen molar-refractivity contribution >= 4 is 50.5 Å². The highest BCUT2D eigenvalue weighted by molar-refractivity contribution is 8.06. The molecule has 0 aliphatic rings. The number of thiol groups is 4. The second-order valence-corrected chi connectivity index (χ2v) is 7.05. The fourth-order valence-corrected chi connectivity index (χ4v) is 2.18. The highest BCUT2D eigenvalue weighted by Crippen LogP contribution is 2.28. The van der Waals surface area contributed by atoms with Crippen molar-refractivity contribution < 1.29 is 0 Å². The Morgan fingerprint density at radius 1 is 0.895 bits per heavy atom.